The maximum atomic E-state index is 11.2. The summed E-state index contributed by atoms with van der Waals surface area (Å²) in [5.41, 5.74) is 2.07. The molecule has 1 fully saturated rings. The minimum atomic E-state index is -0.246. The van der Waals surface area contributed by atoms with E-state index in [4.69, 9.17) is 16.3 Å². The zero-order valence-corrected chi connectivity index (χ0v) is 13.0. The van der Waals surface area contributed by atoms with Crippen molar-refractivity contribution < 1.29 is 9.53 Å². The van der Waals surface area contributed by atoms with Crippen molar-refractivity contribution in [3.05, 3.63) is 38.3 Å². The van der Waals surface area contributed by atoms with Crippen molar-refractivity contribution in [3.8, 4) is 0 Å². The first-order chi connectivity index (χ1) is 9.13. The molecule has 2 heterocycles. The van der Waals surface area contributed by atoms with E-state index in [0.717, 1.165) is 21.4 Å². The lowest BCUT2D eigenvalue weighted by Gasteiger charge is -2.24. The largest absolute Gasteiger partial charge is 0.456 e. The second-order valence-corrected chi connectivity index (χ2v) is 6.24. The fraction of sp³-hybridized carbons (Fsp3) is 0.385. The van der Waals surface area contributed by atoms with Crippen molar-refractivity contribution in [3.63, 3.8) is 0 Å². The minimum absolute atomic E-state index is 0.246. The van der Waals surface area contributed by atoms with Gasteiger partial charge in [-0.25, -0.2) is 9.78 Å². The quantitative estimate of drug-likeness (QED) is 0.450. The van der Waals surface area contributed by atoms with E-state index in [0.29, 0.717) is 17.8 Å². The van der Waals surface area contributed by atoms with E-state index in [-0.39, 0.29) is 5.97 Å². The van der Waals surface area contributed by atoms with Crippen LogP contribution < -0.4 is 0 Å². The van der Waals surface area contributed by atoms with E-state index < -0.39 is 0 Å². The third kappa shape index (κ3) is 3.02. The average Bonchev–Trinajstić information content (AvgIpc) is 3.13. The molecule has 1 aromatic rings. The summed E-state index contributed by atoms with van der Waals surface area (Å²) < 4.78 is 5.94. The highest BCUT2D eigenvalue weighted by molar-refractivity contribution is 14.1. The van der Waals surface area contributed by atoms with Gasteiger partial charge in [0.25, 0.3) is 0 Å². The molecule has 0 spiro atoms. The Hall–Kier alpha value is -0.820. The average molecular weight is 391 g/mol. The molecule has 1 aliphatic heterocycles. The van der Waals surface area contributed by atoms with E-state index in [9.17, 15) is 4.79 Å². The fourth-order valence-corrected chi connectivity index (χ4v) is 2.77. The van der Waals surface area contributed by atoms with E-state index in [1.165, 1.54) is 12.8 Å². The van der Waals surface area contributed by atoms with Crippen LogP contribution in [0.4, 0.5) is 0 Å². The van der Waals surface area contributed by atoms with Crippen molar-refractivity contribution in [2.24, 2.45) is 0 Å². The second-order valence-electron chi connectivity index (χ2n) is 4.72. The van der Waals surface area contributed by atoms with Crippen molar-refractivity contribution >= 4 is 40.2 Å². The number of nitrogens with zero attached hydrogens (tertiary/aromatic N) is 2. The van der Waals surface area contributed by atoms with Gasteiger partial charge in [0.05, 0.1) is 9.27 Å². The fourth-order valence-electron chi connectivity index (χ4n) is 2.13. The summed E-state index contributed by atoms with van der Waals surface area (Å²) in [6, 6.07) is 2.55. The molecule has 0 atom stereocenters. The first-order valence-electron chi connectivity index (χ1n) is 6.07. The van der Waals surface area contributed by atoms with Crippen molar-refractivity contribution in [1.29, 1.82) is 0 Å². The van der Waals surface area contributed by atoms with Crippen LogP contribution in [-0.2, 0) is 16.1 Å². The Labute approximate surface area is 129 Å². The summed E-state index contributed by atoms with van der Waals surface area (Å²) in [4.78, 5) is 17.6. The first kappa shape index (κ1) is 13.2. The maximum Gasteiger partial charge on any atom is 0.333 e. The molecule has 0 radical (unpaired) electrons. The third-order valence-corrected chi connectivity index (χ3v) is 4.65. The monoisotopic (exact) mass is 390 g/mol. The number of rotatable bonds is 4. The summed E-state index contributed by atoms with van der Waals surface area (Å²) >= 11 is 8.10. The number of hydrogen-bond donors (Lipinski definition) is 0. The van der Waals surface area contributed by atoms with Crippen LogP contribution in [-0.4, -0.2) is 28.5 Å². The van der Waals surface area contributed by atoms with Crippen LogP contribution in [0.15, 0.2) is 24.0 Å². The van der Waals surface area contributed by atoms with Gasteiger partial charge >= 0.3 is 5.97 Å². The number of halogens is 2. The number of pyridine rings is 1. The minimum Gasteiger partial charge on any atom is -0.456 e. The Morgan fingerprint density at radius 3 is 2.89 bits per heavy atom. The standard InChI is InChI=1S/C13H12ClIN2O2/c14-13-11(15)3-8(5-16-13)6-17(9-1-2-9)10-4-12(18)19-7-10/h3-5,9H,1-2,6-7H2. The van der Waals surface area contributed by atoms with Crippen LogP contribution in [0.2, 0.25) is 5.15 Å². The highest BCUT2D eigenvalue weighted by Gasteiger charge is 2.32. The van der Waals surface area contributed by atoms with Crippen LogP contribution in [0.25, 0.3) is 0 Å². The van der Waals surface area contributed by atoms with Gasteiger partial charge in [0.2, 0.25) is 0 Å². The molecule has 6 heteroatoms. The Kier molecular flexibility index (Phi) is 3.66. The van der Waals surface area contributed by atoms with Gasteiger partial charge in [-0.3, -0.25) is 0 Å². The number of aromatic nitrogens is 1. The number of ether oxygens (including phenoxy) is 1. The van der Waals surface area contributed by atoms with Gasteiger partial charge in [0, 0.05) is 24.9 Å². The Balaban J connectivity index is 1.80. The summed E-state index contributed by atoms with van der Waals surface area (Å²) in [7, 11) is 0. The molecule has 4 nitrogen and oxygen atoms in total. The summed E-state index contributed by atoms with van der Waals surface area (Å²) in [6.45, 7) is 1.13. The van der Waals surface area contributed by atoms with Gasteiger partial charge < -0.3 is 9.64 Å². The van der Waals surface area contributed by atoms with Crippen LogP contribution in [0.1, 0.15) is 18.4 Å². The lowest BCUT2D eigenvalue weighted by atomic mass is 10.2. The second kappa shape index (κ2) is 5.28. The van der Waals surface area contributed by atoms with Gasteiger partial charge in [-0.2, -0.15) is 0 Å². The van der Waals surface area contributed by atoms with Gasteiger partial charge in [0.15, 0.2) is 0 Å². The topological polar surface area (TPSA) is 42.4 Å². The number of hydrogen-bond acceptors (Lipinski definition) is 4. The molecule has 0 bridgehead atoms. The first-order valence-corrected chi connectivity index (χ1v) is 7.53. The maximum absolute atomic E-state index is 11.2. The van der Waals surface area contributed by atoms with Crippen LogP contribution in [0, 0.1) is 3.57 Å². The predicted octanol–water partition coefficient (Wildman–Crippen LogP) is 2.74. The van der Waals surface area contributed by atoms with Crippen molar-refractivity contribution in [2.45, 2.75) is 25.4 Å². The van der Waals surface area contributed by atoms with Gasteiger partial charge in [0.1, 0.15) is 11.8 Å². The molecule has 1 aliphatic carbocycles. The van der Waals surface area contributed by atoms with Crippen LogP contribution in [0.5, 0.6) is 0 Å². The molecule has 1 saturated carbocycles. The molecule has 0 aromatic carbocycles. The smallest absolute Gasteiger partial charge is 0.333 e. The lowest BCUT2D eigenvalue weighted by Crippen LogP contribution is -2.25. The SMILES string of the molecule is O=C1C=C(N(Cc2cnc(Cl)c(I)c2)C2CC2)CO1. The molecule has 100 valence electrons. The number of cyclic esters (lactones) is 1. The molecule has 1 aromatic heterocycles. The highest BCUT2D eigenvalue weighted by atomic mass is 127. The summed E-state index contributed by atoms with van der Waals surface area (Å²) in [5, 5.41) is 0.529. The number of carbonyl (C=O) groups is 1. The molecular formula is C13H12ClIN2O2. The molecule has 3 rings (SSSR count). The summed E-state index contributed by atoms with van der Waals surface area (Å²) in [5.74, 6) is -0.246. The molecule has 0 unspecified atom stereocenters. The molecule has 2 aliphatic rings. The third-order valence-electron chi connectivity index (χ3n) is 3.21. The predicted molar refractivity (Wildman–Crippen MR) is 79.6 cm³/mol. The van der Waals surface area contributed by atoms with Crippen LogP contribution in [0.3, 0.4) is 0 Å². The Morgan fingerprint density at radius 2 is 2.32 bits per heavy atom. The normalized spacial score (nSPS) is 18.2. The van der Waals surface area contributed by atoms with E-state index in [2.05, 4.69) is 32.5 Å². The molecule has 0 amide bonds. The van der Waals surface area contributed by atoms with Gasteiger partial charge in [-0.15, -0.1) is 0 Å². The lowest BCUT2D eigenvalue weighted by molar-refractivity contribution is -0.135. The van der Waals surface area contributed by atoms with Gasteiger partial charge in [-0.1, -0.05) is 11.6 Å². The zero-order valence-electron chi connectivity index (χ0n) is 10.1. The van der Waals surface area contributed by atoms with E-state index >= 15 is 0 Å². The van der Waals surface area contributed by atoms with E-state index in [1.807, 2.05) is 6.07 Å². The Morgan fingerprint density at radius 1 is 1.53 bits per heavy atom. The zero-order chi connectivity index (χ0) is 13.4. The molecular weight excluding hydrogens is 379 g/mol. The number of esters is 1. The van der Waals surface area contributed by atoms with Gasteiger partial charge in [-0.05, 0) is 47.1 Å². The molecule has 19 heavy (non-hydrogen) atoms. The summed E-state index contributed by atoms with van der Waals surface area (Å²) in [6.07, 6.45) is 5.72. The number of carbonyl (C=O) groups excluding carboxylic acids is 1. The van der Waals surface area contributed by atoms with Crippen molar-refractivity contribution in [2.75, 3.05) is 6.61 Å². The van der Waals surface area contributed by atoms with E-state index in [1.54, 1.807) is 12.3 Å². The van der Waals surface area contributed by atoms with Crippen LogP contribution >= 0.6 is 34.2 Å². The highest BCUT2D eigenvalue weighted by Crippen LogP contribution is 2.33. The molecule has 0 N–H and O–H groups in total. The molecule has 0 saturated heterocycles. The Bertz CT molecular complexity index is 558. The van der Waals surface area contributed by atoms with Crippen molar-refractivity contribution in [1.82, 2.24) is 9.88 Å².